The van der Waals surface area contributed by atoms with Crippen LogP contribution in [-0.2, 0) is 11.3 Å². The SMILES string of the molecule is Cc1cc(CN2CCN(c3ccc(-c4cccc(F)c4)cn3)[C@H](CC(C)C)C2)cc(OC2(C=O)CC2)c1. The van der Waals surface area contributed by atoms with Gasteiger partial charge in [0.05, 0.1) is 0 Å². The van der Waals surface area contributed by atoms with E-state index in [9.17, 15) is 9.18 Å². The van der Waals surface area contributed by atoms with E-state index in [1.165, 1.54) is 11.6 Å². The van der Waals surface area contributed by atoms with Gasteiger partial charge in [0.15, 0.2) is 11.9 Å². The summed E-state index contributed by atoms with van der Waals surface area (Å²) in [6.07, 6.45) is 5.48. The summed E-state index contributed by atoms with van der Waals surface area (Å²) in [4.78, 5) is 21.1. The van der Waals surface area contributed by atoms with Crippen LogP contribution in [0.2, 0.25) is 0 Å². The number of piperazine rings is 1. The maximum Gasteiger partial charge on any atom is 0.164 e. The number of pyridine rings is 1. The fourth-order valence-corrected chi connectivity index (χ4v) is 5.34. The van der Waals surface area contributed by atoms with Gasteiger partial charge >= 0.3 is 0 Å². The second-order valence-corrected chi connectivity index (χ2v) is 11.1. The van der Waals surface area contributed by atoms with E-state index >= 15 is 0 Å². The van der Waals surface area contributed by atoms with Crippen LogP contribution in [0.25, 0.3) is 11.1 Å². The van der Waals surface area contributed by atoms with Crippen LogP contribution in [0.15, 0.2) is 60.8 Å². The molecule has 5 rings (SSSR count). The lowest BCUT2D eigenvalue weighted by Gasteiger charge is -2.43. The van der Waals surface area contributed by atoms with Gasteiger partial charge in [0, 0.05) is 44.0 Å². The number of hydrogen-bond acceptors (Lipinski definition) is 5. The van der Waals surface area contributed by atoms with Gasteiger partial charge in [-0.2, -0.15) is 0 Å². The number of benzene rings is 2. The van der Waals surface area contributed by atoms with Gasteiger partial charge in [-0.1, -0.05) is 32.0 Å². The van der Waals surface area contributed by atoms with Gasteiger partial charge in [0.1, 0.15) is 17.4 Å². The van der Waals surface area contributed by atoms with Crippen LogP contribution >= 0.6 is 0 Å². The number of aldehydes is 1. The Morgan fingerprint density at radius 3 is 2.62 bits per heavy atom. The fraction of sp³-hybridized carbons (Fsp3) is 0.419. The zero-order valence-corrected chi connectivity index (χ0v) is 22.0. The van der Waals surface area contributed by atoms with Gasteiger partial charge in [0.2, 0.25) is 0 Å². The molecule has 1 saturated heterocycles. The van der Waals surface area contributed by atoms with Crippen molar-refractivity contribution in [1.82, 2.24) is 9.88 Å². The molecule has 2 fully saturated rings. The highest BCUT2D eigenvalue weighted by atomic mass is 19.1. The monoisotopic (exact) mass is 501 g/mol. The van der Waals surface area contributed by atoms with Crippen LogP contribution in [0.1, 0.15) is 44.2 Å². The number of carbonyl (C=O) groups excluding carboxylic acids is 1. The number of ether oxygens (including phenoxy) is 1. The highest BCUT2D eigenvalue weighted by Gasteiger charge is 2.45. The number of hydrogen-bond donors (Lipinski definition) is 0. The summed E-state index contributed by atoms with van der Waals surface area (Å²) < 4.78 is 19.7. The molecule has 194 valence electrons. The predicted molar refractivity (Wildman–Crippen MR) is 145 cm³/mol. The maximum absolute atomic E-state index is 13.7. The molecular formula is C31H36FN3O2. The van der Waals surface area contributed by atoms with E-state index in [1.807, 2.05) is 24.4 Å². The Bertz CT molecular complexity index is 1240. The maximum atomic E-state index is 13.7. The Hall–Kier alpha value is -3.25. The average Bonchev–Trinajstić information content (AvgIpc) is 3.63. The third-order valence-corrected chi connectivity index (χ3v) is 7.31. The van der Waals surface area contributed by atoms with Crippen LogP contribution in [0.4, 0.5) is 10.2 Å². The van der Waals surface area contributed by atoms with Crippen molar-refractivity contribution in [2.45, 2.75) is 58.2 Å². The number of rotatable bonds is 9. The number of carbonyl (C=O) groups is 1. The minimum atomic E-state index is -0.601. The molecule has 0 bridgehead atoms. The Morgan fingerprint density at radius 2 is 1.95 bits per heavy atom. The Labute approximate surface area is 219 Å². The molecular weight excluding hydrogens is 465 g/mol. The first-order valence-electron chi connectivity index (χ1n) is 13.3. The van der Waals surface area contributed by atoms with Gasteiger partial charge in [-0.15, -0.1) is 0 Å². The molecule has 0 N–H and O–H groups in total. The summed E-state index contributed by atoms with van der Waals surface area (Å²) in [6, 6.07) is 17.4. The molecule has 5 nitrogen and oxygen atoms in total. The summed E-state index contributed by atoms with van der Waals surface area (Å²) in [6.45, 7) is 10.2. The molecule has 1 saturated carbocycles. The van der Waals surface area contributed by atoms with Crippen LogP contribution in [-0.4, -0.2) is 47.4 Å². The Balaban J connectivity index is 1.29. The molecule has 0 spiro atoms. The van der Waals surface area contributed by atoms with E-state index < -0.39 is 5.60 Å². The van der Waals surface area contributed by atoms with Crippen LogP contribution in [0.5, 0.6) is 5.75 Å². The summed E-state index contributed by atoms with van der Waals surface area (Å²) in [5, 5.41) is 0. The first-order chi connectivity index (χ1) is 17.8. The van der Waals surface area contributed by atoms with Crippen molar-refractivity contribution in [2.24, 2.45) is 5.92 Å². The number of aryl methyl sites for hydroxylation is 1. The molecule has 0 amide bonds. The molecule has 1 atom stereocenters. The lowest BCUT2D eigenvalue weighted by molar-refractivity contribution is -0.115. The standard InChI is InChI=1S/C31H36FN3O2/c1-22(2)13-28-20-34(19-24-14-23(3)15-29(16-24)37-31(21-36)9-10-31)11-12-35(28)30-8-7-26(18-33-30)25-5-4-6-27(32)17-25/h4-8,14-18,21-22,28H,9-13,19-20H2,1-3H3/t28-/m1/s1. The lowest BCUT2D eigenvalue weighted by Crippen LogP contribution is -2.53. The quantitative estimate of drug-likeness (QED) is 0.334. The fourth-order valence-electron chi connectivity index (χ4n) is 5.34. The van der Waals surface area contributed by atoms with Gasteiger partial charge in [-0.25, -0.2) is 9.37 Å². The van der Waals surface area contributed by atoms with E-state index in [4.69, 9.17) is 9.72 Å². The summed E-state index contributed by atoms with van der Waals surface area (Å²) in [7, 11) is 0. The summed E-state index contributed by atoms with van der Waals surface area (Å²) in [5.74, 6) is 2.09. The molecule has 2 aromatic carbocycles. The molecule has 6 heteroatoms. The topological polar surface area (TPSA) is 45.7 Å². The van der Waals surface area contributed by atoms with E-state index in [0.717, 1.165) is 80.0 Å². The van der Waals surface area contributed by atoms with Gasteiger partial charge in [0.25, 0.3) is 0 Å². The second-order valence-electron chi connectivity index (χ2n) is 11.1. The number of anilines is 1. The van der Waals surface area contributed by atoms with Gasteiger partial charge < -0.3 is 9.64 Å². The zero-order valence-electron chi connectivity index (χ0n) is 22.0. The number of halogens is 1. The van der Waals surface area contributed by atoms with Crippen molar-refractivity contribution < 1.29 is 13.9 Å². The minimum Gasteiger partial charge on any atom is -0.480 e. The lowest BCUT2D eigenvalue weighted by atomic mass is 9.99. The van der Waals surface area contributed by atoms with E-state index in [2.05, 4.69) is 48.8 Å². The second kappa shape index (κ2) is 10.6. The molecule has 2 heterocycles. The van der Waals surface area contributed by atoms with Gasteiger partial charge in [-0.3, -0.25) is 9.69 Å². The minimum absolute atomic E-state index is 0.238. The highest BCUT2D eigenvalue weighted by molar-refractivity contribution is 5.68. The Kier molecular flexibility index (Phi) is 7.29. The van der Waals surface area contributed by atoms with Crippen molar-refractivity contribution in [3.63, 3.8) is 0 Å². The predicted octanol–water partition coefficient (Wildman–Crippen LogP) is 6.04. The van der Waals surface area contributed by atoms with Crippen molar-refractivity contribution in [3.8, 4) is 16.9 Å². The smallest absolute Gasteiger partial charge is 0.164 e. The van der Waals surface area contributed by atoms with Crippen molar-refractivity contribution in [1.29, 1.82) is 0 Å². The van der Waals surface area contributed by atoms with Crippen LogP contribution < -0.4 is 9.64 Å². The molecule has 1 aliphatic heterocycles. The number of aromatic nitrogens is 1. The van der Waals surface area contributed by atoms with Crippen molar-refractivity contribution in [2.75, 3.05) is 24.5 Å². The first-order valence-corrected chi connectivity index (χ1v) is 13.3. The molecule has 37 heavy (non-hydrogen) atoms. The van der Waals surface area contributed by atoms with Crippen LogP contribution in [0.3, 0.4) is 0 Å². The zero-order chi connectivity index (χ0) is 26.0. The molecule has 3 aromatic rings. The molecule has 2 aliphatic rings. The Morgan fingerprint density at radius 1 is 1.11 bits per heavy atom. The normalized spacial score (nSPS) is 19.2. The molecule has 0 radical (unpaired) electrons. The third-order valence-electron chi connectivity index (χ3n) is 7.31. The van der Waals surface area contributed by atoms with Crippen LogP contribution in [0, 0.1) is 18.7 Å². The molecule has 1 aliphatic carbocycles. The molecule has 0 unspecified atom stereocenters. The van der Waals surface area contributed by atoms with E-state index in [0.29, 0.717) is 12.0 Å². The first kappa shape index (κ1) is 25.4. The summed E-state index contributed by atoms with van der Waals surface area (Å²) in [5.41, 5.74) is 3.52. The number of nitrogens with zero attached hydrogens (tertiary/aromatic N) is 3. The molecule has 1 aromatic heterocycles. The van der Waals surface area contributed by atoms with E-state index in [1.54, 1.807) is 12.1 Å². The highest BCUT2D eigenvalue weighted by Crippen LogP contribution is 2.39. The average molecular weight is 502 g/mol. The van der Waals surface area contributed by atoms with Crippen molar-refractivity contribution >= 4 is 12.1 Å². The third kappa shape index (κ3) is 6.19. The van der Waals surface area contributed by atoms with Crippen molar-refractivity contribution in [3.05, 3.63) is 77.7 Å². The van der Waals surface area contributed by atoms with Gasteiger partial charge in [-0.05, 0) is 85.2 Å². The summed E-state index contributed by atoms with van der Waals surface area (Å²) >= 11 is 0. The van der Waals surface area contributed by atoms with E-state index in [-0.39, 0.29) is 5.82 Å². The largest absolute Gasteiger partial charge is 0.480 e.